The average Bonchev–Trinajstić information content (AvgIpc) is 2.79. The highest BCUT2D eigenvalue weighted by Crippen LogP contribution is 2.47. The molecule has 0 amide bonds. The first-order chi connectivity index (χ1) is 5.96. The van der Waals surface area contributed by atoms with Gasteiger partial charge in [-0.3, -0.25) is 0 Å². The van der Waals surface area contributed by atoms with Crippen LogP contribution in [0, 0.1) is 17.3 Å². The van der Waals surface area contributed by atoms with Crippen molar-refractivity contribution < 1.29 is 0 Å². The Bertz CT molecular complexity index is 159. The maximum Gasteiger partial charge on any atom is 0.00926 e. The summed E-state index contributed by atoms with van der Waals surface area (Å²) in [6.07, 6.45) is 2.83. The van der Waals surface area contributed by atoms with Gasteiger partial charge in [0.2, 0.25) is 0 Å². The van der Waals surface area contributed by atoms with Crippen molar-refractivity contribution in [3.05, 3.63) is 0 Å². The van der Waals surface area contributed by atoms with Crippen LogP contribution >= 0.6 is 0 Å². The molecule has 1 rings (SSSR count). The number of nitrogens with one attached hydrogen (secondary N) is 1. The van der Waals surface area contributed by atoms with Crippen LogP contribution in [0.25, 0.3) is 0 Å². The SMILES string of the molecule is CC(C)C(C)CNC(C)C1(C)CC1. The molecule has 1 nitrogen and oxygen atoms in total. The summed E-state index contributed by atoms with van der Waals surface area (Å²) in [5.41, 5.74) is 0.622. The number of rotatable bonds is 5. The van der Waals surface area contributed by atoms with Gasteiger partial charge in [0, 0.05) is 6.04 Å². The maximum absolute atomic E-state index is 3.67. The fourth-order valence-electron chi connectivity index (χ4n) is 1.47. The van der Waals surface area contributed by atoms with Gasteiger partial charge in [-0.25, -0.2) is 0 Å². The van der Waals surface area contributed by atoms with Crippen molar-refractivity contribution in [3.63, 3.8) is 0 Å². The second-order valence-electron chi connectivity index (χ2n) is 5.51. The summed E-state index contributed by atoms with van der Waals surface area (Å²) in [5, 5.41) is 3.67. The predicted molar refractivity (Wildman–Crippen MR) is 58.8 cm³/mol. The van der Waals surface area contributed by atoms with E-state index in [9.17, 15) is 0 Å². The zero-order valence-corrected chi connectivity index (χ0v) is 9.85. The van der Waals surface area contributed by atoms with E-state index < -0.39 is 0 Å². The molecule has 78 valence electrons. The van der Waals surface area contributed by atoms with Gasteiger partial charge in [-0.15, -0.1) is 0 Å². The van der Waals surface area contributed by atoms with Crippen molar-refractivity contribution in [1.29, 1.82) is 0 Å². The summed E-state index contributed by atoms with van der Waals surface area (Å²) in [7, 11) is 0. The van der Waals surface area contributed by atoms with Crippen LogP contribution in [0.3, 0.4) is 0 Å². The molecule has 13 heavy (non-hydrogen) atoms. The van der Waals surface area contributed by atoms with Gasteiger partial charge in [0.05, 0.1) is 0 Å². The largest absolute Gasteiger partial charge is 0.313 e. The van der Waals surface area contributed by atoms with E-state index in [0.29, 0.717) is 11.5 Å². The van der Waals surface area contributed by atoms with Crippen molar-refractivity contribution in [1.82, 2.24) is 5.32 Å². The average molecular weight is 183 g/mol. The van der Waals surface area contributed by atoms with Crippen LogP contribution in [0.15, 0.2) is 0 Å². The van der Waals surface area contributed by atoms with Crippen molar-refractivity contribution in [3.8, 4) is 0 Å². The van der Waals surface area contributed by atoms with Crippen molar-refractivity contribution in [2.75, 3.05) is 6.54 Å². The van der Waals surface area contributed by atoms with E-state index in [2.05, 4.69) is 39.9 Å². The fraction of sp³-hybridized carbons (Fsp3) is 1.00. The van der Waals surface area contributed by atoms with Gasteiger partial charge in [0.25, 0.3) is 0 Å². The predicted octanol–water partition coefficient (Wildman–Crippen LogP) is 3.06. The first kappa shape index (κ1) is 11.0. The lowest BCUT2D eigenvalue weighted by molar-refractivity contribution is 0.322. The minimum Gasteiger partial charge on any atom is -0.313 e. The topological polar surface area (TPSA) is 12.0 Å². The summed E-state index contributed by atoms with van der Waals surface area (Å²) in [4.78, 5) is 0. The van der Waals surface area contributed by atoms with E-state index in [0.717, 1.165) is 11.8 Å². The minimum atomic E-state index is 0.622. The monoisotopic (exact) mass is 183 g/mol. The second-order valence-corrected chi connectivity index (χ2v) is 5.51. The lowest BCUT2D eigenvalue weighted by atomic mass is 9.96. The van der Waals surface area contributed by atoms with Gasteiger partial charge in [-0.2, -0.15) is 0 Å². The molecule has 1 aliphatic carbocycles. The van der Waals surface area contributed by atoms with Crippen molar-refractivity contribution >= 4 is 0 Å². The van der Waals surface area contributed by atoms with Crippen LogP contribution < -0.4 is 5.32 Å². The third-order valence-corrected chi connectivity index (χ3v) is 3.97. The molecule has 0 aliphatic heterocycles. The molecule has 1 aliphatic rings. The molecule has 1 saturated carbocycles. The molecule has 2 unspecified atom stereocenters. The lowest BCUT2D eigenvalue weighted by Crippen LogP contribution is -2.37. The summed E-state index contributed by atoms with van der Waals surface area (Å²) >= 11 is 0. The Morgan fingerprint density at radius 1 is 1.15 bits per heavy atom. The van der Waals surface area contributed by atoms with Crippen LogP contribution in [0.5, 0.6) is 0 Å². The van der Waals surface area contributed by atoms with Gasteiger partial charge in [0.15, 0.2) is 0 Å². The first-order valence-corrected chi connectivity index (χ1v) is 5.69. The van der Waals surface area contributed by atoms with Crippen LogP contribution in [-0.2, 0) is 0 Å². The molecule has 0 bridgehead atoms. The van der Waals surface area contributed by atoms with Gasteiger partial charge < -0.3 is 5.32 Å². The van der Waals surface area contributed by atoms with E-state index in [1.54, 1.807) is 0 Å². The fourth-order valence-corrected chi connectivity index (χ4v) is 1.47. The smallest absolute Gasteiger partial charge is 0.00926 e. The molecule has 1 heteroatoms. The normalized spacial score (nSPS) is 24.5. The molecule has 0 aromatic rings. The first-order valence-electron chi connectivity index (χ1n) is 5.69. The van der Waals surface area contributed by atoms with Gasteiger partial charge in [0.1, 0.15) is 0 Å². The quantitative estimate of drug-likeness (QED) is 0.691. The molecule has 0 saturated heterocycles. The highest BCUT2D eigenvalue weighted by atomic mass is 14.9. The Morgan fingerprint density at radius 2 is 1.69 bits per heavy atom. The Balaban J connectivity index is 2.18. The Labute approximate surface area is 83.3 Å². The van der Waals surface area contributed by atoms with Crippen molar-refractivity contribution in [2.24, 2.45) is 17.3 Å². The molecular weight excluding hydrogens is 158 g/mol. The minimum absolute atomic E-state index is 0.622. The van der Waals surface area contributed by atoms with E-state index in [4.69, 9.17) is 0 Å². The highest BCUT2D eigenvalue weighted by molar-refractivity contribution is 4.96. The van der Waals surface area contributed by atoms with Crippen LogP contribution in [0.4, 0.5) is 0 Å². The third kappa shape index (κ3) is 2.98. The van der Waals surface area contributed by atoms with Gasteiger partial charge in [-0.05, 0) is 43.6 Å². The third-order valence-electron chi connectivity index (χ3n) is 3.97. The van der Waals surface area contributed by atoms with E-state index >= 15 is 0 Å². The molecular formula is C12H25N. The second kappa shape index (κ2) is 4.00. The van der Waals surface area contributed by atoms with Gasteiger partial charge >= 0.3 is 0 Å². The molecule has 0 radical (unpaired) electrons. The van der Waals surface area contributed by atoms with Gasteiger partial charge in [-0.1, -0.05) is 27.7 Å². The standard InChI is InChI=1S/C12H25N/c1-9(2)10(3)8-13-11(4)12(5)6-7-12/h9-11,13H,6-8H2,1-5H3. The summed E-state index contributed by atoms with van der Waals surface area (Å²) in [6, 6.07) is 0.702. The van der Waals surface area contributed by atoms with Crippen LogP contribution in [0.1, 0.15) is 47.5 Å². The zero-order valence-electron chi connectivity index (χ0n) is 9.85. The molecule has 0 aromatic heterocycles. The zero-order chi connectivity index (χ0) is 10.1. The summed E-state index contributed by atoms with van der Waals surface area (Å²) < 4.78 is 0. The molecule has 1 fully saturated rings. The molecule has 0 spiro atoms. The van der Waals surface area contributed by atoms with E-state index in [1.807, 2.05) is 0 Å². The lowest BCUT2D eigenvalue weighted by Gasteiger charge is -2.24. The number of hydrogen-bond donors (Lipinski definition) is 1. The van der Waals surface area contributed by atoms with Crippen LogP contribution in [0.2, 0.25) is 0 Å². The Kier molecular flexibility index (Phi) is 3.39. The van der Waals surface area contributed by atoms with Crippen LogP contribution in [-0.4, -0.2) is 12.6 Å². The molecule has 2 atom stereocenters. The summed E-state index contributed by atoms with van der Waals surface area (Å²) in [6.45, 7) is 12.8. The Hall–Kier alpha value is -0.0400. The molecule has 1 N–H and O–H groups in total. The Morgan fingerprint density at radius 3 is 2.08 bits per heavy atom. The van der Waals surface area contributed by atoms with Crippen molar-refractivity contribution in [2.45, 2.75) is 53.5 Å². The highest BCUT2D eigenvalue weighted by Gasteiger charge is 2.42. The number of hydrogen-bond acceptors (Lipinski definition) is 1. The summed E-state index contributed by atoms with van der Waals surface area (Å²) in [5.74, 6) is 1.59. The molecule has 0 aromatic carbocycles. The maximum atomic E-state index is 3.67. The van der Waals surface area contributed by atoms with E-state index in [-0.39, 0.29) is 0 Å². The molecule has 0 heterocycles. The van der Waals surface area contributed by atoms with E-state index in [1.165, 1.54) is 19.4 Å².